The number of halogens is 1. The van der Waals surface area contributed by atoms with E-state index in [1.54, 1.807) is 55.5 Å². The Kier molecular flexibility index (Phi) is 15.0. The Morgan fingerprint density at radius 3 is 1.98 bits per heavy atom. The number of carboxylic acids is 3. The molecule has 0 heterocycles. The minimum atomic E-state index is -2.74. The number of anilines is 1. The highest BCUT2D eigenvalue weighted by atomic mass is 35.5. The molecule has 0 aromatic heterocycles. The summed E-state index contributed by atoms with van der Waals surface area (Å²) < 4.78 is 11.0. The first-order chi connectivity index (χ1) is 19.7. The summed E-state index contributed by atoms with van der Waals surface area (Å²) in [7, 11) is 0. The molecular weight excluding hydrogens is 576 g/mol. The summed E-state index contributed by atoms with van der Waals surface area (Å²) in [4.78, 5) is 57.6. The number of benzene rings is 2. The predicted octanol–water partition coefficient (Wildman–Crippen LogP) is 3.00. The Morgan fingerprint density at radius 2 is 1.48 bits per heavy atom. The largest absolute Gasteiger partial charge is 0.481 e. The molecule has 2 aromatic rings. The highest BCUT2D eigenvalue weighted by Crippen LogP contribution is 2.20. The second-order valence-corrected chi connectivity index (χ2v) is 9.33. The van der Waals surface area contributed by atoms with Crippen LogP contribution in [0.2, 0.25) is 5.02 Å². The molecule has 0 spiro atoms. The molecule has 0 saturated carbocycles. The summed E-state index contributed by atoms with van der Waals surface area (Å²) in [6.07, 6.45) is -3.05. The van der Waals surface area contributed by atoms with Crippen molar-refractivity contribution in [1.29, 1.82) is 0 Å². The van der Waals surface area contributed by atoms with Crippen LogP contribution in [0.3, 0.4) is 0 Å². The molecule has 0 aliphatic heterocycles. The van der Waals surface area contributed by atoms with Gasteiger partial charge in [0.2, 0.25) is 0 Å². The second kappa shape index (κ2) is 17.6. The van der Waals surface area contributed by atoms with Gasteiger partial charge >= 0.3 is 23.9 Å². The number of nitrogens with one attached hydrogen (secondary N) is 1. The fourth-order valence-electron chi connectivity index (χ4n) is 3.37. The summed E-state index contributed by atoms with van der Waals surface area (Å²) >= 11 is 5.85. The number of nitrogens with zero attached hydrogens (tertiary/aromatic N) is 1. The van der Waals surface area contributed by atoms with Gasteiger partial charge in [-0.25, -0.2) is 9.59 Å². The monoisotopic (exact) mass is 610 g/mol. The number of esters is 1. The summed E-state index contributed by atoms with van der Waals surface area (Å²) in [5.41, 5.74) is -2.05. The molecule has 0 saturated heterocycles. The first kappa shape index (κ1) is 35.8. The molecule has 14 heteroatoms. The average Bonchev–Trinajstić information content (AvgIpc) is 2.92. The zero-order valence-electron chi connectivity index (χ0n) is 23.4. The highest BCUT2D eigenvalue weighted by molar-refractivity contribution is 6.30. The van der Waals surface area contributed by atoms with E-state index in [2.05, 4.69) is 24.1 Å². The van der Waals surface area contributed by atoms with Crippen molar-refractivity contribution in [1.82, 2.24) is 4.90 Å². The van der Waals surface area contributed by atoms with Crippen LogP contribution >= 0.6 is 11.6 Å². The van der Waals surface area contributed by atoms with E-state index < -0.39 is 48.4 Å². The van der Waals surface area contributed by atoms with Crippen molar-refractivity contribution in [3.05, 3.63) is 59.1 Å². The molecule has 0 aliphatic carbocycles. The normalized spacial score (nSPS) is 11.5. The van der Waals surface area contributed by atoms with Crippen molar-refractivity contribution in [2.24, 2.45) is 0 Å². The number of amides is 1. The molecular formula is C28H35ClN2O11. The average molecular weight is 611 g/mol. The molecule has 0 fully saturated rings. The maximum absolute atomic E-state index is 12.5. The maximum atomic E-state index is 12.5. The van der Waals surface area contributed by atoms with Gasteiger partial charge in [0.05, 0.1) is 24.1 Å². The number of hydrogen-bond donors (Lipinski definition) is 5. The second-order valence-electron chi connectivity index (χ2n) is 8.89. The fourth-order valence-corrected chi connectivity index (χ4v) is 3.50. The van der Waals surface area contributed by atoms with Crippen molar-refractivity contribution in [2.45, 2.75) is 45.3 Å². The molecule has 13 nitrogen and oxygen atoms in total. The Morgan fingerprint density at radius 1 is 0.929 bits per heavy atom. The van der Waals surface area contributed by atoms with Crippen LogP contribution in [-0.2, 0) is 23.9 Å². The lowest BCUT2D eigenvalue weighted by Crippen LogP contribution is -2.42. The van der Waals surface area contributed by atoms with Crippen LogP contribution in [0.1, 0.15) is 44.0 Å². The van der Waals surface area contributed by atoms with Crippen molar-refractivity contribution < 1.29 is 53.9 Å². The predicted molar refractivity (Wildman–Crippen MR) is 152 cm³/mol. The number of hydrogen-bond acceptors (Lipinski definition) is 9. The molecule has 0 bridgehead atoms. The minimum Gasteiger partial charge on any atom is -0.481 e. The van der Waals surface area contributed by atoms with E-state index in [0.29, 0.717) is 35.2 Å². The Labute approximate surface area is 247 Å². The van der Waals surface area contributed by atoms with Crippen LogP contribution in [0.4, 0.5) is 5.69 Å². The van der Waals surface area contributed by atoms with Gasteiger partial charge < -0.3 is 40.1 Å². The van der Waals surface area contributed by atoms with E-state index in [9.17, 15) is 24.0 Å². The third-order valence-electron chi connectivity index (χ3n) is 5.72. The number of carbonyl (C=O) groups is 5. The van der Waals surface area contributed by atoms with E-state index in [4.69, 9.17) is 41.5 Å². The van der Waals surface area contributed by atoms with Crippen LogP contribution < -0.4 is 10.1 Å². The summed E-state index contributed by atoms with van der Waals surface area (Å²) in [6.45, 7) is 8.50. The number of para-hydroxylation sites is 1. The SMILES string of the molecule is CCN(CC)CCOC(=O)c1ccccc1NC(=O)C(C)Oc1ccc(Cl)cc1.O=C(O)CC(O)(CC(=O)O)C(=O)O. The number of likely N-dealkylation sites (N-methyl/N-ethyl adjacent to an activating group) is 1. The maximum Gasteiger partial charge on any atom is 0.340 e. The van der Waals surface area contributed by atoms with Gasteiger partial charge in [0.1, 0.15) is 12.4 Å². The number of ether oxygens (including phenoxy) is 2. The lowest BCUT2D eigenvalue weighted by Gasteiger charge is -2.18. The van der Waals surface area contributed by atoms with Gasteiger partial charge in [-0.3, -0.25) is 14.4 Å². The third-order valence-corrected chi connectivity index (χ3v) is 5.97. The Bertz CT molecular complexity index is 1200. The topological polar surface area (TPSA) is 200 Å². The quantitative estimate of drug-likeness (QED) is 0.185. The van der Waals surface area contributed by atoms with Crippen LogP contribution in [0.15, 0.2) is 48.5 Å². The lowest BCUT2D eigenvalue weighted by molar-refractivity contribution is -0.170. The molecule has 2 rings (SSSR count). The molecule has 2 aromatic carbocycles. The molecule has 1 atom stereocenters. The zero-order valence-corrected chi connectivity index (χ0v) is 24.2. The van der Waals surface area contributed by atoms with Gasteiger partial charge in [0, 0.05) is 11.6 Å². The van der Waals surface area contributed by atoms with Gasteiger partial charge in [-0.15, -0.1) is 0 Å². The van der Waals surface area contributed by atoms with Crippen LogP contribution in [0.25, 0.3) is 0 Å². The van der Waals surface area contributed by atoms with Gasteiger partial charge in [0.25, 0.3) is 5.91 Å². The standard InChI is InChI=1S/C22H27ClN2O4.C6H8O7/c1-4-25(5-2)14-15-28-22(27)19-8-6-7-9-20(19)24-21(26)16(3)29-18-12-10-17(23)11-13-18;7-3(8)1-6(13,5(11)12)2-4(9)10/h6-13,16H,4-5,14-15H2,1-3H3,(H,24,26);13H,1-2H2,(H,7,8)(H,9,10)(H,11,12). The Hall–Kier alpha value is -4.20. The van der Waals surface area contributed by atoms with Gasteiger partial charge in [-0.05, 0) is 56.4 Å². The van der Waals surface area contributed by atoms with Gasteiger partial charge in [-0.1, -0.05) is 37.6 Å². The lowest BCUT2D eigenvalue weighted by atomic mass is 9.96. The van der Waals surface area contributed by atoms with E-state index in [0.717, 1.165) is 13.1 Å². The van der Waals surface area contributed by atoms with E-state index >= 15 is 0 Å². The number of rotatable bonds is 15. The first-order valence-corrected chi connectivity index (χ1v) is 13.2. The van der Waals surface area contributed by atoms with Crippen molar-refractivity contribution in [3.8, 4) is 5.75 Å². The first-order valence-electron chi connectivity index (χ1n) is 12.8. The van der Waals surface area contributed by atoms with Crippen molar-refractivity contribution in [2.75, 3.05) is 31.6 Å². The van der Waals surface area contributed by atoms with E-state index in [1.165, 1.54) is 0 Å². The minimum absolute atomic E-state index is 0.291. The smallest absolute Gasteiger partial charge is 0.340 e. The summed E-state index contributed by atoms with van der Waals surface area (Å²) in [5, 5.41) is 37.1. The van der Waals surface area contributed by atoms with Crippen molar-refractivity contribution >= 4 is 47.1 Å². The number of carbonyl (C=O) groups excluding carboxylic acids is 2. The fraction of sp³-hybridized carbons (Fsp3) is 0.393. The summed E-state index contributed by atoms with van der Waals surface area (Å²) in [5.74, 6) is -5.33. The van der Waals surface area contributed by atoms with Gasteiger partial charge in [-0.2, -0.15) is 0 Å². The molecule has 0 aliphatic rings. The summed E-state index contributed by atoms with van der Waals surface area (Å²) in [6, 6.07) is 13.5. The van der Waals surface area contributed by atoms with Crippen molar-refractivity contribution in [3.63, 3.8) is 0 Å². The van der Waals surface area contributed by atoms with Gasteiger partial charge in [0.15, 0.2) is 11.7 Å². The number of aliphatic hydroxyl groups is 1. The zero-order chi connectivity index (χ0) is 31.9. The molecule has 42 heavy (non-hydrogen) atoms. The van der Waals surface area contributed by atoms with Crippen LogP contribution in [-0.4, -0.2) is 93.1 Å². The number of carboxylic acid groups (broad SMARTS) is 3. The Balaban J connectivity index is 0.000000572. The molecule has 1 unspecified atom stereocenters. The molecule has 1 amide bonds. The molecule has 230 valence electrons. The van der Waals surface area contributed by atoms with E-state index in [1.807, 2.05) is 0 Å². The molecule has 0 radical (unpaired) electrons. The van der Waals surface area contributed by atoms with Crippen LogP contribution in [0, 0.1) is 0 Å². The van der Waals surface area contributed by atoms with Crippen LogP contribution in [0.5, 0.6) is 5.75 Å². The van der Waals surface area contributed by atoms with E-state index in [-0.39, 0.29) is 5.91 Å². The third kappa shape index (κ3) is 12.5. The highest BCUT2D eigenvalue weighted by Gasteiger charge is 2.40. The number of aliphatic carboxylic acids is 3. The molecule has 5 N–H and O–H groups in total.